The average Bonchev–Trinajstić information content (AvgIpc) is 3.17. The molecule has 0 radical (unpaired) electrons. The van der Waals surface area contributed by atoms with Gasteiger partial charge in [0.2, 0.25) is 0 Å². The van der Waals surface area contributed by atoms with Gasteiger partial charge in [0.15, 0.2) is 5.84 Å². The molecule has 0 bridgehead atoms. The van der Waals surface area contributed by atoms with E-state index in [1.807, 2.05) is 0 Å². The van der Waals surface area contributed by atoms with Crippen molar-refractivity contribution in [3.63, 3.8) is 0 Å². The fourth-order valence-electron chi connectivity index (χ4n) is 4.37. The molecule has 1 fully saturated rings. The average molecular weight is 388 g/mol. The molecule has 0 aromatic heterocycles. The lowest BCUT2D eigenvalue weighted by Crippen LogP contribution is -2.41. The van der Waals surface area contributed by atoms with E-state index in [0.717, 1.165) is 29.4 Å². The van der Waals surface area contributed by atoms with E-state index in [-0.39, 0.29) is 0 Å². The van der Waals surface area contributed by atoms with Crippen LogP contribution in [-0.4, -0.2) is 24.1 Å². The summed E-state index contributed by atoms with van der Waals surface area (Å²) >= 11 is 0. The number of benzene rings is 2. The quantitative estimate of drug-likeness (QED) is 0.661. The maximum absolute atomic E-state index is 4.82. The summed E-state index contributed by atoms with van der Waals surface area (Å²) in [4.78, 5) is 9.51. The summed E-state index contributed by atoms with van der Waals surface area (Å²) in [6.45, 7) is 9.76. The first kappa shape index (κ1) is 20.0. The molecule has 1 heterocycles. The van der Waals surface area contributed by atoms with Crippen molar-refractivity contribution in [3.05, 3.63) is 70.8 Å². The van der Waals surface area contributed by atoms with Crippen LogP contribution >= 0.6 is 0 Å². The van der Waals surface area contributed by atoms with Crippen LogP contribution in [0.4, 0.5) is 0 Å². The molecule has 1 N–H and O–H groups in total. The van der Waals surface area contributed by atoms with Gasteiger partial charge >= 0.3 is 0 Å². The van der Waals surface area contributed by atoms with Crippen LogP contribution in [0.3, 0.4) is 0 Å². The van der Waals surface area contributed by atoms with Gasteiger partial charge in [-0.2, -0.15) is 0 Å². The van der Waals surface area contributed by atoms with Gasteiger partial charge in [-0.1, -0.05) is 69.3 Å². The summed E-state index contributed by atoms with van der Waals surface area (Å²) in [5.41, 5.74) is 6.06. The zero-order valence-corrected chi connectivity index (χ0v) is 18.2. The number of nitrogens with zero attached hydrogens (tertiary/aromatic N) is 2. The molecule has 3 nitrogen and oxygen atoms in total. The molecule has 2 aromatic carbocycles. The molecular formula is C26H33N3. The molecule has 29 heavy (non-hydrogen) atoms. The Morgan fingerprint density at radius 2 is 1.59 bits per heavy atom. The Labute approximate surface area is 175 Å². The first-order valence-corrected chi connectivity index (χ1v) is 11.1. The summed E-state index contributed by atoms with van der Waals surface area (Å²) < 4.78 is 0. The normalized spacial score (nSPS) is 22.2. The van der Waals surface area contributed by atoms with Gasteiger partial charge in [0, 0.05) is 17.6 Å². The van der Waals surface area contributed by atoms with E-state index in [4.69, 9.17) is 4.99 Å². The number of hydrogen-bond acceptors (Lipinski definition) is 3. The fourth-order valence-corrected chi connectivity index (χ4v) is 4.37. The highest BCUT2D eigenvalue weighted by Crippen LogP contribution is 2.29. The molecule has 1 saturated carbocycles. The third-order valence-corrected chi connectivity index (χ3v) is 6.08. The summed E-state index contributed by atoms with van der Waals surface area (Å²) in [6.07, 6.45) is 3.72. The Morgan fingerprint density at radius 1 is 0.931 bits per heavy atom. The van der Waals surface area contributed by atoms with Crippen LogP contribution in [0, 0.1) is 11.8 Å². The van der Waals surface area contributed by atoms with Crippen molar-refractivity contribution in [2.45, 2.75) is 59.0 Å². The Bertz CT molecular complexity index is 885. The lowest BCUT2D eigenvalue weighted by molar-refractivity contribution is 0.226. The number of rotatable bonds is 7. The van der Waals surface area contributed by atoms with Crippen molar-refractivity contribution in [2.24, 2.45) is 21.8 Å². The van der Waals surface area contributed by atoms with E-state index < -0.39 is 0 Å². The first-order chi connectivity index (χ1) is 14.0. The lowest BCUT2D eigenvalue weighted by atomic mass is 9.81. The maximum Gasteiger partial charge on any atom is 0.155 e. The summed E-state index contributed by atoms with van der Waals surface area (Å²) in [5, 5.41) is 3.74. The van der Waals surface area contributed by atoms with Gasteiger partial charge in [-0.25, -0.2) is 4.99 Å². The highest BCUT2D eigenvalue weighted by molar-refractivity contribution is 6.17. The SMILES string of the molecule is CC(C)Cc1ccc(C2=NC(c3ccc([C@@H](C)NC4CC(C)C4)cc3)=NC2)cc1. The maximum atomic E-state index is 4.82. The Kier molecular flexibility index (Phi) is 5.96. The predicted molar refractivity (Wildman–Crippen MR) is 123 cm³/mol. The van der Waals surface area contributed by atoms with E-state index in [1.54, 1.807) is 0 Å². The third-order valence-electron chi connectivity index (χ3n) is 6.08. The summed E-state index contributed by atoms with van der Waals surface area (Å²) in [7, 11) is 0. The zero-order chi connectivity index (χ0) is 20.4. The monoisotopic (exact) mass is 387 g/mol. The highest BCUT2D eigenvalue weighted by atomic mass is 15.0. The molecule has 0 spiro atoms. The molecule has 1 aliphatic carbocycles. The molecular weight excluding hydrogens is 354 g/mol. The van der Waals surface area contributed by atoms with Gasteiger partial charge in [-0.3, -0.25) is 4.99 Å². The van der Waals surface area contributed by atoms with Crippen LogP contribution in [0.1, 0.15) is 68.8 Å². The van der Waals surface area contributed by atoms with Crippen molar-refractivity contribution >= 4 is 11.5 Å². The minimum atomic E-state index is 0.385. The topological polar surface area (TPSA) is 36.8 Å². The van der Waals surface area contributed by atoms with Gasteiger partial charge in [0.25, 0.3) is 0 Å². The van der Waals surface area contributed by atoms with Crippen LogP contribution < -0.4 is 5.32 Å². The third kappa shape index (κ3) is 4.84. The molecule has 4 rings (SSSR count). The minimum absolute atomic E-state index is 0.385. The number of hydrogen-bond donors (Lipinski definition) is 1. The predicted octanol–water partition coefficient (Wildman–Crippen LogP) is 5.58. The van der Waals surface area contributed by atoms with Crippen LogP contribution in [0.25, 0.3) is 0 Å². The molecule has 1 atom stereocenters. The van der Waals surface area contributed by atoms with E-state index in [9.17, 15) is 0 Å². The van der Waals surface area contributed by atoms with E-state index in [0.29, 0.717) is 24.5 Å². The second-order valence-corrected chi connectivity index (χ2v) is 9.28. The van der Waals surface area contributed by atoms with E-state index in [2.05, 4.69) is 86.5 Å². The lowest BCUT2D eigenvalue weighted by Gasteiger charge is -2.35. The largest absolute Gasteiger partial charge is 0.307 e. The minimum Gasteiger partial charge on any atom is -0.307 e. The van der Waals surface area contributed by atoms with Crippen molar-refractivity contribution in [1.29, 1.82) is 0 Å². The number of nitrogens with one attached hydrogen (secondary N) is 1. The van der Waals surface area contributed by atoms with Gasteiger partial charge < -0.3 is 5.32 Å². The van der Waals surface area contributed by atoms with Crippen molar-refractivity contribution in [1.82, 2.24) is 5.32 Å². The molecule has 0 saturated heterocycles. The molecule has 2 aromatic rings. The van der Waals surface area contributed by atoms with Gasteiger partial charge in [-0.05, 0) is 54.7 Å². The Morgan fingerprint density at radius 3 is 2.21 bits per heavy atom. The molecule has 1 aliphatic heterocycles. The van der Waals surface area contributed by atoms with Crippen molar-refractivity contribution in [3.8, 4) is 0 Å². The zero-order valence-electron chi connectivity index (χ0n) is 18.2. The molecule has 152 valence electrons. The Balaban J connectivity index is 1.39. The summed E-state index contributed by atoms with van der Waals surface area (Å²) in [5.74, 6) is 2.41. The first-order valence-electron chi connectivity index (χ1n) is 11.1. The van der Waals surface area contributed by atoms with Crippen LogP contribution in [-0.2, 0) is 6.42 Å². The molecule has 2 aliphatic rings. The number of amidine groups is 1. The van der Waals surface area contributed by atoms with Crippen LogP contribution in [0.15, 0.2) is 58.5 Å². The molecule has 0 unspecified atom stereocenters. The molecule has 0 amide bonds. The van der Waals surface area contributed by atoms with Gasteiger partial charge in [0.05, 0.1) is 12.3 Å². The van der Waals surface area contributed by atoms with E-state index >= 15 is 0 Å². The number of aliphatic imine (C=N–C) groups is 2. The summed E-state index contributed by atoms with van der Waals surface area (Å²) in [6, 6.07) is 18.6. The smallest absolute Gasteiger partial charge is 0.155 e. The van der Waals surface area contributed by atoms with E-state index in [1.165, 1.54) is 29.5 Å². The fraction of sp³-hybridized carbons (Fsp3) is 0.462. The standard InChI is InChI=1S/C26H33N3/c1-17(2)13-20-5-7-22(8-6-20)25-16-27-26(29-25)23-11-9-21(10-12-23)19(4)28-24-14-18(3)15-24/h5-12,17-19,24,28H,13-16H2,1-4H3/t18?,19-,24?/m1/s1. The van der Waals surface area contributed by atoms with Crippen LogP contribution in [0.5, 0.6) is 0 Å². The van der Waals surface area contributed by atoms with Crippen molar-refractivity contribution < 1.29 is 0 Å². The highest BCUT2D eigenvalue weighted by Gasteiger charge is 2.26. The van der Waals surface area contributed by atoms with Crippen LogP contribution in [0.2, 0.25) is 0 Å². The molecule has 3 heteroatoms. The second-order valence-electron chi connectivity index (χ2n) is 9.28. The Hall–Kier alpha value is -2.26. The van der Waals surface area contributed by atoms with Crippen molar-refractivity contribution in [2.75, 3.05) is 6.54 Å². The van der Waals surface area contributed by atoms with Gasteiger partial charge in [-0.15, -0.1) is 0 Å². The second kappa shape index (κ2) is 8.62. The van der Waals surface area contributed by atoms with Gasteiger partial charge in [0.1, 0.15) is 0 Å².